The van der Waals surface area contributed by atoms with Crippen LogP contribution in [0.1, 0.15) is 47.3 Å². The van der Waals surface area contributed by atoms with E-state index in [1.54, 1.807) is 0 Å². The van der Waals surface area contributed by atoms with Crippen LogP contribution in [0.25, 0.3) is 10.9 Å². The third-order valence-corrected chi connectivity index (χ3v) is 8.22. The number of rotatable bonds is 7. The number of carbonyl (C=O) groups is 1. The Bertz CT molecular complexity index is 1490. The second-order valence-electron chi connectivity index (χ2n) is 11.2. The minimum absolute atomic E-state index is 0.00954. The van der Waals surface area contributed by atoms with Crippen molar-refractivity contribution < 1.29 is 22.7 Å². The van der Waals surface area contributed by atoms with Crippen LogP contribution >= 0.6 is 0 Å². The van der Waals surface area contributed by atoms with Crippen molar-refractivity contribution in [1.82, 2.24) is 20.2 Å². The predicted octanol–water partition coefficient (Wildman–Crippen LogP) is 6.02. The smallest absolute Gasteiger partial charge is 0.416 e. The number of aromatic amines is 1. The Morgan fingerprint density at radius 2 is 1.64 bits per heavy atom. The van der Waals surface area contributed by atoms with E-state index in [-0.39, 0.29) is 18.1 Å². The molecule has 0 atom stereocenters. The van der Waals surface area contributed by atoms with Crippen molar-refractivity contribution in [2.45, 2.75) is 50.6 Å². The first kappa shape index (κ1) is 28.1. The maximum absolute atomic E-state index is 13.0. The number of anilines is 1. The number of likely N-dealkylation sites (tertiary alicyclic amines) is 1. The van der Waals surface area contributed by atoms with Crippen LogP contribution < -0.4 is 15.0 Å². The van der Waals surface area contributed by atoms with E-state index in [0.29, 0.717) is 18.8 Å². The highest BCUT2D eigenvalue weighted by atomic mass is 19.4. The van der Waals surface area contributed by atoms with Crippen molar-refractivity contribution in [2.24, 2.45) is 0 Å². The number of halogens is 3. The largest absolute Gasteiger partial charge is 0.490 e. The molecule has 2 saturated heterocycles. The number of pyridine rings is 1. The molecule has 2 aliphatic rings. The minimum atomic E-state index is -4.33. The SMILES string of the molecule is O=C(NC1CCN(Cc2ccncc2)CC1)c1cc2ccc(OC3CCN(c4ccc(C(F)(F)F)cc4)CC3)cc2[nH]1. The first-order valence-electron chi connectivity index (χ1n) is 14.4. The van der Waals surface area contributed by atoms with Crippen LogP contribution in [-0.2, 0) is 12.7 Å². The van der Waals surface area contributed by atoms with E-state index in [9.17, 15) is 18.0 Å². The van der Waals surface area contributed by atoms with Gasteiger partial charge in [-0.2, -0.15) is 13.2 Å². The second kappa shape index (κ2) is 12.1. The van der Waals surface area contributed by atoms with Crippen LogP contribution in [0.5, 0.6) is 5.75 Å². The number of amides is 1. The number of fused-ring (bicyclic) bond motifs is 1. The molecule has 7 nitrogen and oxygen atoms in total. The number of ether oxygens (including phenoxy) is 1. The average molecular weight is 578 g/mol. The topological polar surface area (TPSA) is 73.5 Å². The lowest BCUT2D eigenvalue weighted by Gasteiger charge is -2.33. The molecule has 2 aromatic carbocycles. The number of hydrogen-bond donors (Lipinski definition) is 2. The molecule has 10 heteroatoms. The first-order chi connectivity index (χ1) is 20.3. The lowest BCUT2D eigenvalue weighted by molar-refractivity contribution is -0.137. The number of H-pyrrole nitrogens is 1. The fourth-order valence-corrected chi connectivity index (χ4v) is 5.83. The maximum atomic E-state index is 13.0. The molecule has 2 aromatic heterocycles. The van der Waals surface area contributed by atoms with Crippen LogP contribution in [0.3, 0.4) is 0 Å². The third-order valence-electron chi connectivity index (χ3n) is 8.22. The Kier molecular flexibility index (Phi) is 8.06. The summed E-state index contributed by atoms with van der Waals surface area (Å²) < 4.78 is 44.9. The van der Waals surface area contributed by atoms with Crippen molar-refractivity contribution in [1.29, 1.82) is 0 Å². The molecule has 6 rings (SSSR count). The monoisotopic (exact) mass is 577 g/mol. The zero-order valence-corrected chi connectivity index (χ0v) is 23.2. The highest BCUT2D eigenvalue weighted by Crippen LogP contribution is 2.32. The van der Waals surface area contributed by atoms with Gasteiger partial charge < -0.3 is 19.9 Å². The first-order valence-corrected chi connectivity index (χ1v) is 14.4. The van der Waals surface area contributed by atoms with E-state index >= 15 is 0 Å². The summed E-state index contributed by atoms with van der Waals surface area (Å²) in [6, 6.07) is 17.2. The van der Waals surface area contributed by atoms with Crippen molar-refractivity contribution in [2.75, 3.05) is 31.1 Å². The van der Waals surface area contributed by atoms with Gasteiger partial charge in [-0.3, -0.25) is 14.7 Å². The van der Waals surface area contributed by atoms with Gasteiger partial charge in [0.25, 0.3) is 5.91 Å². The lowest BCUT2D eigenvalue weighted by atomic mass is 10.0. The average Bonchev–Trinajstić information content (AvgIpc) is 3.43. The molecule has 1 amide bonds. The van der Waals surface area contributed by atoms with Gasteiger partial charge >= 0.3 is 6.18 Å². The number of aromatic nitrogens is 2. The Balaban J connectivity index is 0.989. The molecule has 0 radical (unpaired) electrons. The van der Waals surface area contributed by atoms with Crippen molar-refractivity contribution in [3.63, 3.8) is 0 Å². The second-order valence-corrected chi connectivity index (χ2v) is 11.2. The molecule has 0 aliphatic carbocycles. The zero-order valence-electron chi connectivity index (χ0n) is 23.2. The summed E-state index contributed by atoms with van der Waals surface area (Å²) in [6.07, 6.45) is 2.66. The number of piperidine rings is 2. The number of benzene rings is 2. The maximum Gasteiger partial charge on any atom is 0.416 e. The van der Waals surface area contributed by atoms with Gasteiger partial charge in [-0.15, -0.1) is 0 Å². The summed E-state index contributed by atoms with van der Waals surface area (Å²) >= 11 is 0. The summed E-state index contributed by atoms with van der Waals surface area (Å²) in [7, 11) is 0. The highest BCUT2D eigenvalue weighted by Gasteiger charge is 2.30. The number of nitrogens with one attached hydrogen (secondary N) is 2. The standard InChI is InChI=1S/C32H34F3N5O2/c33-32(34,35)24-2-4-26(5-3-24)40-17-11-27(12-18-40)42-28-6-1-23-19-30(38-29(23)20-28)31(41)37-25-9-15-39(16-10-25)21-22-7-13-36-14-8-22/h1-8,13-14,19-20,25,27,38H,9-12,15-18,21H2,(H,37,41). The van der Waals surface area contributed by atoms with E-state index in [0.717, 1.165) is 79.8 Å². The molecular formula is C32H34F3N5O2. The molecule has 220 valence electrons. The third kappa shape index (κ3) is 6.70. The summed E-state index contributed by atoms with van der Waals surface area (Å²) in [4.78, 5) is 24.8. The fourth-order valence-electron chi connectivity index (χ4n) is 5.83. The summed E-state index contributed by atoms with van der Waals surface area (Å²) in [5, 5.41) is 4.13. The molecule has 0 saturated carbocycles. The minimum Gasteiger partial charge on any atom is -0.490 e. The summed E-state index contributed by atoms with van der Waals surface area (Å²) in [5.41, 5.74) is 2.77. The van der Waals surface area contributed by atoms with Crippen LogP contribution in [0.2, 0.25) is 0 Å². The lowest BCUT2D eigenvalue weighted by Crippen LogP contribution is -2.44. The Morgan fingerprint density at radius 1 is 0.929 bits per heavy atom. The van der Waals surface area contributed by atoms with Gasteiger partial charge in [-0.05, 0) is 73.0 Å². The van der Waals surface area contributed by atoms with E-state index in [1.165, 1.54) is 17.7 Å². The van der Waals surface area contributed by atoms with Crippen LogP contribution in [0, 0.1) is 0 Å². The Hall–Kier alpha value is -4.05. The van der Waals surface area contributed by atoms with E-state index < -0.39 is 11.7 Å². The zero-order chi connectivity index (χ0) is 29.1. The number of hydrogen-bond acceptors (Lipinski definition) is 5. The normalized spacial score (nSPS) is 17.5. The van der Waals surface area contributed by atoms with E-state index in [4.69, 9.17) is 4.74 Å². The van der Waals surface area contributed by atoms with Gasteiger partial charge in [0.2, 0.25) is 0 Å². The van der Waals surface area contributed by atoms with Crippen LogP contribution in [0.4, 0.5) is 18.9 Å². The number of carbonyl (C=O) groups excluding carboxylic acids is 1. The molecule has 0 unspecified atom stereocenters. The van der Waals surface area contributed by atoms with Gasteiger partial charge in [-0.1, -0.05) is 0 Å². The van der Waals surface area contributed by atoms with Gasteiger partial charge in [-0.25, -0.2) is 0 Å². The molecular weight excluding hydrogens is 543 g/mol. The summed E-state index contributed by atoms with van der Waals surface area (Å²) in [6.45, 7) is 4.17. The summed E-state index contributed by atoms with van der Waals surface area (Å²) in [5.74, 6) is 0.628. The van der Waals surface area contributed by atoms with Gasteiger partial charge in [0.15, 0.2) is 0 Å². The number of nitrogens with zero attached hydrogens (tertiary/aromatic N) is 3. The van der Waals surface area contributed by atoms with Crippen molar-refractivity contribution in [3.05, 3.63) is 89.9 Å². The van der Waals surface area contributed by atoms with Crippen molar-refractivity contribution in [3.8, 4) is 5.75 Å². The van der Waals surface area contributed by atoms with Gasteiger partial charge in [0.1, 0.15) is 17.5 Å². The predicted molar refractivity (Wildman–Crippen MR) is 156 cm³/mol. The van der Waals surface area contributed by atoms with Crippen LogP contribution in [-0.4, -0.2) is 59.1 Å². The number of alkyl halides is 3. The molecule has 4 aromatic rings. The van der Waals surface area contributed by atoms with Crippen LogP contribution in [0.15, 0.2) is 73.1 Å². The molecule has 4 heterocycles. The molecule has 42 heavy (non-hydrogen) atoms. The Morgan fingerprint density at radius 3 is 2.33 bits per heavy atom. The molecule has 2 aliphatic heterocycles. The molecule has 0 spiro atoms. The van der Waals surface area contributed by atoms with Crippen molar-refractivity contribution >= 4 is 22.5 Å². The fraction of sp³-hybridized carbons (Fsp3) is 0.375. The van der Waals surface area contributed by atoms with E-state index in [1.807, 2.05) is 48.8 Å². The Labute approximate surface area is 242 Å². The molecule has 2 fully saturated rings. The highest BCUT2D eigenvalue weighted by molar-refractivity contribution is 5.98. The molecule has 0 bridgehead atoms. The quantitative estimate of drug-likeness (QED) is 0.281. The van der Waals surface area contributed by atoms with Gasteiger partial charge in [0, 0.05) is 86.7 Å². The van der Waals surface area contributed by atoms with Gasteiger partial charge in [0.05, 0.1) is 5.56 Å². The van der Waals surface area contributed by atoms with E-state index in [2.05, 4.69) is 25.1 Å². The molecule has 2 N–H and O–H groups in total.